The van der Waals surface area contributed by atoms with E-state index in [0.29, 0.717) is 17.7 Å². The van der Waals surface area contributed by atoms with Crippen molar-refractivity contribution in [1.82, 2.24) is 30.1 Å². The van der Waals surface area contributed by atoms with Gasteiger partial charge in [-0.05, 0) is 69.4 Å². The summed E-state index contributed by atoms with van der Waals surface area (Å²) in [6, 6.07) is 11.3. The highest BCUT2D eigenvalue weighted by Gasteiger charge is 2.35. The molecular formula is C25H19ClFN7O2. The van der Waals surface area contributed by atoms with Gasteiger partial charge in [-0.2, -0.15) is 4.68 Å². The Morgan fingerprint density at radius 2 is 1.94 bits per heavy atom. The Balaban J connectivity index is 1.50. The van der Waals surface area contributed by atoms with Gasteiger partial charge in [-0.25, -0.2) is 4.39 Å². The van der Waals surface area contributed by atoms with E-state index in [1.807, 2.05) is 24.3 Å². The summed E-state index contributed by atoms with van der Waals surface area (Å²) in [6.45, 7) is 0.254. The zero-order valence-electron chi connectivity index (χ0n) is 18.8. The molecule has 2 N–H and O–H groups in total. The van der Waals surface area contributed by atoms with E-state index < -0.39 is 23.7 Å². The first-order valence-corrected chi connectivity index (χ1v) is 11.3. The van der Waals surface area contributed by atoms with Crippen LogP contribution in [0.2, 0.25) is 5.02 Å². The van der Waals surface area contributed by atoms with Gasteiger partial charge >= 0.3 is 0 Å². The number of pyridine rings is 1. The van der Waals surface area contributed by atoms with Crippen LogP contribution in [0.1, 0.15) is 22.7 Å². The van der Waals surface area contributed by atoms with Crippen LogP contribution >= 0.6 is 11.6 Å². The Bertz CT molecular complexity index is 1480. The average molecular weight is 504 g/mol. The fourth-order valence-electron chi connectivity index (χ4n) is 4.45. The van der Waals surface area contributed by atoms with Crippen LogP contribution in [0, 0.1) is 5.82 Å². The van der Waals surface area contributed by atoms with Gasteiger partial charge in [-0.1, -0.05) is 29.8 Å². The number of hydrogen-bond acceptors (Lipinski definition) is 6. The van der Waals surface area contributed by atoms with Gasteiger partial charge in [0.15, 0.2) is 5.82 Å². The summed E-state index contributed by atoms with van der Waals surface area (Å²) in [5.41, 5.74) is 9.60. The molecule has 0 spiro atoms. The molecule has 9 nitrogen and oxygen atoms in total. The fraction of sp³-hybridized carbons (Fsp3) is 0.120. The molecule has 3 heterocycles. The van der Waals surface area contributed by atoms with Crippen molar-refractivity contribution >= 4 is 29.5 Å². The third-order valence-electron chi connectivity index (χ3n) is 6.06. The highest BCUT2D eigenvalue weighted by molar-refractivity contribution is 6.31. The van der Waals surface area contributed by atoms with E-state index >= 15 is 0 Å². The van der Waals surface area contributed by atoms with Crippen LogP contribution in [0.3, 0.4) is 0 Å². The lowest BCUT2D eigenvalue weighted by Crippen LogP contribution is -2.45. The van der Waals surface area contributed by atoms with Gasteiger partial charge < -0.3 is 10.6 Å². The Morgan fingerprint density at radius 3 is 2.67 bits per heavy atom. The van der Waals surface area contributed by atoms with E-state index in [0.717, 1.165) is 16.7 Å². The molecule has 1 unspecified atom stereocenters. The quantitative estimate of drug-likeness (QED) is 0.418. The molecule has 36 heavy (non-hydrogen) atoms. The van der Waals surface area contributed by atoms with Crippen molar-refractivity contribution in [2.24, 2.45) is 5.73 Å². The Morgan fingerprint density at radius 1 is 1.14 bits per heavy atom. The van der Waals surface area contributed by atoms with Gasteiger partial charge in [0.2, 0.25) is 11.8 Å². The summed E-state index contributed by atoms with van der Waals surface area (Å²) in [4.78, 5) is 31.3. The second-order valence-electron chi connectivity index (χ2n) is 8.08. The van der Waals surface area contributed by atoms with Crippen molar-refractivity contribution in [1.29, 1.82) is 0 Å². The molecule has 1 aliphatic rings. The Hall–Kier alpha value is -4.44. The molecule has 1 atom stereocenters. The SMILES string of the molecule is NC(=O)C1c2cccc(-c3ccncc3)c2CCN1C(=O)/C=C/c1c(-n2cnnn2)ccc(Cl)c1F. The molecular weight excluding hydrogens is 485 g/mol. The van der Waals surface area contributed by atoms with E-state index in [4.69, 9.17) is 17.3 Å². The van der Waals surface area contributed by atoms with E-state index in [9.17, 15) is 14.0 Å². The Kier molecular flexibility index (Phi) is 6.26. The number of nitrogens with two attached hydrogens (primary N) is 1. The fourth-order valence-corrected chi connectivity index (χ4v) is 4.62. The summed E-state index contributed by atoms with van der Waals surface area (Å²) < 4.78 is 16.1. The van der Waals surface area contributed by atoms with E-state index in [2.05, 4.69) is 20.5 Å². The minimum Gasteiger partial charge on any atom is -0.368 e. The highest BCUT2D eigenvalue weighted by atomic mass is 35.5. The monoisotopic (exact) mass is 503 g/mol. The van der Waals surface area contributed by atoms with Crippen LogP contribution in [-0.4, -0.2) is 48.5 Å². The van der Waals surface area contributed by atoms with Gasteiger partial charge in [0.25, 0.3) is 0 Å². The molecule has 0 saturated carbocycles. The van der Waals surface area contributed by atoms with Crippen molar-refractivity contribution in [2.75, 3.05) is 6.54 Å². The van der Waals surface area contributed by atoms with Gasteiger partial charge in [-0.15, -0.1) is 5.10 Å². The lowest BCUT2D eigenvalue weighted by atomic mass is 9.86. The number of benzene rings is 2. The van der Waals surface area contributed by atoms with Crippen LogP contribution < -0.4 is 5.73 Å². The molecule has 2 amide bonds. The first-order valence-electron chi connectivity index (χ1n) is 11.0. The van der Waals surface area contributed by atoms with Crippen molar-refractivity contribution in [3.05, 3.63) is 94.8 Å². The van der Waals surface area contributed by atoms with Crippen LogP contribution in [-0.2, 0) is 16.0 Å². The number of carbonyl (C=O) groups is 2. The summed E-state index contributed by atoms with van der Waals surface area (Å²) in [5, 5.41) is 10.8. The van der Waals surface area contributed by atoms with Crippen LogP contribution in [0.15, 0.2) is 67.3 Å². The van der Waals surface area contributed by atoms with Crippen molar-refractivity contribution < 1.29 is 14.0 Å². The molecule has 11 heteroatoms. The molecule has 5 rings (SSSR count). The predicted molar refractivity (Wildman–Crippen MR) is 130 cm³/mol. The van der Waals surface area contributed by atoms with Crippen molar-refractivity contribution in [2.45, 2.75) is 12.5 Å². The molecule has 0 aliphatic carbocycles. The van der Waals surface area contributed by atoms with Crippen LogP contribution in [0.5, 0.6) is 0 Å². The zero-order valence-corrected chi connectivity index (χ0v) is 19.5. The topological polar surface area (TPSA) is 120 Å². The molecule has 2 aromatic carbocycles. The highest BCUT2D eigenvalue weighted by Crippen LogP contribution is 2.36. The number of halogens is 2. The van der Waals surface area contributed by atoms with Crippen LogP contribution in [0.4, 0.5) is 4.39 Å². The predicted octanol–water partition coefficient (Wildman–Crippen LogP) is 3.14. The second-order valence-corrected chi connectivity index (χ2v) is 8.48. The van der Waals surface area contributed by atoms with Crippen molar-refractivity contribution in [3.8, 4) is 16.8 Å². The molecule has 0 saturated heterocycles. The summed E-state index contributed by atoms with van der Waals surface area (Å²) in [5.74, 6) is -1.89. The lowest BCUT2D eigenvalue weighted by molar-refractivity contribution is -0.136. The summed E-state index contributed by atoms with van der Waals surface area (Å²) >= 11 is 5.97. The molecule has 180 valence electrons. The lowest BCUT2D eigenvalue weighted by Gasteiger charge is -2.36. The largest absolute Gasteiger partial charge is 0.368 e. The number of fused-ring (bicyclic) bond motifs is 1. The number of rotatable bonds is 5. The summed E-state index contributed by atoms with van der Waals surface area (Å²) in [6.07, 6.45) is 7.69. The molecule has 4 aromatic rings. The molecule has 2 aromatic heterocycles. The van der Waals surface area contributed by atoms with Gasteiger partial charge in [0, 0.05) is 30.6 Å². The maximum Gasteiger partial charge on any atom is 0.247 e. The van der Waals surface area contributed by atoms with Gasteiger partial charge in [0.1, 0.15) is 12.4 Å². The van der Waals surface area contributed by atoms with Gasteiger partial charge in [0.05, 0.1) is 10.7 Å². The molecule has 0 bridgehead atoms. The van der Waals surface area contributed by atoms with E-state index in [-0.39, 0.29) is 17.1 Å². The summed E-state index contributed by atoms with van der Waals surface area (Å²) in [7, 11) is 0. The minimum absolute atomic E-state index is 0.0242. The first-order chi connectivity index (χ1) is 17.5. The van der Waals surface area contributed by atoms with E-state index in [1.54, 1.807) is 18.5 Å². The van der Waals surface area contributed by atoms with E-state index in [1.165, 1.54) is 40.2 Å². The maximum atomic E-state index is 14.9. The number of tetrazole rings is 1. The number of aromatic nitrogens is 5. The van der Waals surface area contributed by atoms with Crippen molar-refractivity contribution in [3.63, 3.8) is 0 Å². The number of carbonyl (C=O) groups excluding carboxylic acids is 2. The number of hydrogen-bond donors (Lipinski definition) is 1. The third-order valence-corrected chi connectivity index (χ3v) is 6.36. The Labute approximate surface area is 210 Å². The molecule has 0 fully saturated rings. The number of primary amides is 1. The average Bonchev–Trinajstić information content (AvgIpc) is 3.43. The smallest absolute Gasteiger partial charge is 0.247 e. The number of nitrogens with zero attached hydrogens (tertiary/aromatic N) is 6. The maximum absolute atomic E-state index is 14.9. The van der Waals surface area contributed by atoms with Crippen LogP contribution in [0.25, 0.3) is 22.9 Å². The molecule has 0 radical (unpaired) electrons. The third kappa shape index (κ3) is 4.22. The second kappa shape index (κ2) is 9.67. The first kappa shape index (κ1) is 23.3. The number of amides is 2. The normalized spacial score (nSPS) is 15.2. The zero-order chi connectivity index (χ0) is 25.2. The van der Waals surface area contributed by atoms with Gasteiger partial charge in [-0.3, -0.25) is 14.6 Å². The molecule has 1 aliphatic heterocycles. The standard InChI is InChI=1S/C25H19ClFN7O2/c26-20-5-6-21(34-14-30-31-32-34)19(23(20)27)4-7-22(35)33-13-10-17-16(15-8-11-29-12-9-15)2-1-3-18(17)24(33)25(28)36/h1-9,11-12,14,24H,10,13H2,(H2,28,36)/b7-4+. The minimum atomic E-state index is -0.976.